The standard InChI is InChI=1S/C14H15F3N2O3/c15-14(16,17)11-5-9-7-19(13(20)21)8-10(9)6-12(11)18-1-3-22-4-2-18/h5-6H,1-4,7-8H2,(H,20,21). The SMILES string of the molecule is O=C(O)N1Cc2cc(N3CCOCC3)c(C(F)(F)F)cc2C1. The van der Waals surface area contributed by atoms with E-state index in [1.54, 1.807) is 4.90 Å². The Kier molecular flexibility index (Phi) is 3.64. The Morgan fingerprint density at radius 2 is 1.73 bits per heavy atom. The van der Waals surface area contributed by atoms with Gasteiger partial charge in [0.05, 0.1) is 18.8 Å². The zero-order valence-corrected chi connectivity index (χ0v) is 11.7. The van der Waals surface area contributed by atoms with Crippen LogP contribution in [0.3, 0.4) is 0 Å². The molecule has 0 unspecified atom stereocenters. The summed E-state index contributed by atoms with van der Waals surface area (Å²) >= 11 is 0. The number of nitrogens with zero attached hydrogens (tertiary/aromatic N) is 2. The van der Waals surface area contributed by atoms with Gasteiger partial charge in [0.2, 0.25) is 0 Å². The highest BCUT2D eigenvalue weighted by molar-refractivity contribution is 5.68. The van der Waals surface area contributed by atoms with E-state index in [-0.39, 0.29) is 18.8 Å². The molecular weight excluding hydrogens is 301 g/mol. The Hall–Kier alpha value is -1.96. The van der Waals surface area contributed by atoms with Crippen molar-refractivity contribution in [2.24, 2.45) is 0 Å². The average Bonchev–Trinajstić information content (AvgIpc) is 2.89. The monoisotopic (exact) mass is 316 g/mol. The largest absolute Gasteiger partial charge is 0.465 e. The quantitative estimate of drug-likeness (QED) is 0.865. The Morgan fingerprint density at radius 3 is 2.27 bits per heavy atom. The molecule has 22 heavy (non-hydrogen) atoms. The van der Waals surface area contributed by atoms with Crippen LogP contribution < -0.4 is 4.90 Å². The summed E-state index contributed by atoms with van der Waals surface area (Å²) < 4.78 is 45.2. The third-order valence-corrected chi connectivity index (χ3v) is 3.97. The summed E-state index contributed by atoms with van der Waals surface area (Å²) in [6.45, 7) is 1.68. The number of ether oxygens (including phenoxy) is 1. The molecule has 0 bridgehead atoms. The number of hydrogen-bond acceptors (Lipinski definition) is 3. The van der Waals surface area contributed by atoms with Gasteiger partial charge in [-0.2, -0.15) is 13.2 Å². The number of amides is 1. The first-order valence-electron chi connectivity index (χ1n) is 6.90. The molecule has 1 aromatic rings. The summed E-state index contributed by atoms with van der Waals surface area (Å²) in [6.07, 6.45) is -5.60. The first-order valence-corrected chi connectivity index (χ1v) is 6.90. The maximum atomic E-state index is 13.3. The molecule has 1 amide bonds. The number of rotatable bonds is 1. The van der Waals surface area contributed by atoms with Crippen molar-refractivity contribution < 1.29 is 27.8 Å². The summed E-state index contributed by atoms with van der Waals surface area (Å²) in [7, 11) is 0. The van der Waals surface area contributed by atoms with Crippen molar-refractivity contribution in [1.29, 1.82) is 0 Å². The maximum absolute atomic E-state index is 13.3. The minimum atomic E-state index is -4.47. The van der Waals surface area contributed by atoms with Gasteiger partial charge >= 0.3 is 12.3 Å². The second kappa shape index (κ2) is 5.35. The summed E-state index contributed by atoms with van der Waals surface area (Å²) in [5.74, 6) is 0. The van der Waals surface area contributed by atoms with E-state index in [2.05, 4.69) is 0 Å². The van der Waals surface area contributed by atoms with Gasteiger partial charge in [-0.05, 0) is 23.3 Å². The van der Waals surface area contributed by atoms with Crippen molar-refractivity contribution in [2.45, 2.75) is 19.3 Å². The minimum Gasteiger partial charge on any atom is -0.465 e. The lowest BCUT2D eigenvalue weighted by Gasteiger charge is -2.31. The van der Waals surface area contributed by atoms with Crippen LogP contribution in [0.5, 0.6) is 0 Å². The van der Waals surface area contributed by atoms with E-state index < -0.39 is 17.8 Å². The molecule has 0 aliphatic carbocycles. The fourth-order valence-corrected chi connectivity index (χ4v) is 2.87. The van der Waals surface area contributed by atoms with E-state index >= 15 is 0 Å². The van der Waals surface area contributed by atoms with E-state index in [1.165, 1.54) is 6.07 Å². The predicted octanol–water partition coefficient (Wildman–Crippen LogP) is 2.54. The number of hydrogen-bond donors (Lipinski definition) is 1. The molecule has 2 aliphatic heterocycles. The van der Waals surface area contributed by atoms with E-state index in [0.717, 1.165) is 11.0 Å². The Balaban J connectivity index is 2.01. The molecule has 8 heteroatoms. The van der Waals surface area contributed by atoms with E-state index in [9.17, 15) is 18.0 Å². The molecule has 5 nitrogen and oxygen atoms in total. The number of carboxylic acid groups (broad SMARTS) is 1. The first kappa shape index (κ1) is 15.0. The summed E-state index contributed by atoms with van der Waals surface area (Å²) in [4.78, 5) is 13.8. The highest BCUT2D eigenvalue weighted by Crippen LogP contribution is 2.40. The number of benzene rings is 1. The minimum absolute atomic E-state index is 0.00284. The van der Waals surface area contributed by atoms with Gasteiger partial charge in [-0.25, -0.2) is 4.79 Å². The second-order valence-corrected chi connectivity index (χ2v) is 5.37. The lowest BCUT2D eigenvalue weighted by atomic mass is 10.0. The number of alkyl halides is 3. The molecule has 1 N–H and O–H groups in total. The van der Waals surface area contributed by atoms with Gasteiger partial charge in [0.15, 0.2) is 0 Å². The van der Waals surface area contributed by atoms with Crippen molar-refractivity contribution in [3.05, 3.63) is 28.8 Å². The molecule has 120 valence electrons. The fourth-order valence-electron chi connectivity index (χ4n) is 2.87. The van der Waals surface area contributed by atoms with Crippen molar-refractivity contribution in [1.82, 2.24) is 4.90 Å². The van der Waals surface area contributed by atoms with Crippen LogP contribution >= 0.6 is 0 Å². The van der Waals surface area contributed by atoms with Gasteiger partial charge in [0.25, 0.3) is 0 Å². The van der Waals surface area contributed by atoms with Crippen LogP contribution in [-0.2, 0) is 24.0 Å². The number of carbonyl (C=O) groups is 1. The molecule has 0 radical (unpaired) electrons. The first-order chi connectivity index (χ1) is 10.4. The van der Waals surface area contributed by atoms with E-state index in [0.29, 0.717) is 37.4 Å². The predicted molar refractivity (Wildman–Crippen MR) is 71.7 cm³/mol. The van der Waals surface area contributed by atoms with Crippen LogP contribution in [-0.4, -0.2) is 42.4 Å². The average molecular weight is 316 g/mol. The summed E-state index contributed by atoms with van der Waals surface area (Å²) in [5.41, 5.74) is 0.464. The molecule has 0 atom stereocenters. The highest BCUT2D eigenvalue weighted by Gasteiger charge is 2.37. The number of fused-ring (bicyclic) bond motifs is 1. The zero-order chi connectivity index (χ0) is 15.9. The van der Waals surface area contributed by atoms with Gasteiger partial charge in [-0.3, -0.25) is 4.90 Å². The Labute approximate surface area is 124 Å². The molecule has 2 heterocycles. The third kappa shape index (κ3) is 2.70. The van der Waals surface area contributed by atoms with Gasteiger partial charge in [0.1, 0.15) is 0 Å². The summed E-state index contributed by atoms with van der Waals surface area (Å²) in [5, 5.41) is 9.01. The molecule has 0 aromatic heterocycles. The van der Waals surface area contributed by atoms with Crippen LogP contribution in [0, 0.1) is 0 Å². The van der Waals surface area contributed by atoms with Gasteiger partial charge in [-0.15, -0.1) is 0 Å². The van der Waals surface area contributed by atoms with Gasteiger partial charge in [0, 0.05) is 31.9 Å². The lowest BCUT2D eigenvalue weighted by Crippen LogP contribution is -2.37. The number of morpholine rings is 1. The molecule has 0 spiro atoms. The maximum Gasteiger partial charge on any atom is 0.418 e. The molecule has 3 rings (SSSR count). The van der Waals surface area contributed by atoms with Crippen molar-refractivity contribution in [3.8, 4) is 0 Å². The van der Waals surface area contributed by atoms with Crippen LogP contribution in [0.2, 0.25) is 0 Å². The lowest BCUT2D eigenvalue weighted by molar-refractivity contribution is -0.137. The van der Waals surface area contributed by atoms with Crippen LogP contribution in [0.15, 0.2) is 12.1 Å². The second-order valence-electron chi connectivity index (χ2n) is 5.37. The van der Waals surface area contributed by atoms with Crippen molar-refractivity contribution >= 4 is 11.8 Å². The van der Waals surface area contributed by atoms with Crippen LogP contribution in [0.25, 0.3) is 0 Å². The van der Waals surface area contributed by atoms with Gasteiger partial charge in [-0.1, -0.05) is 0 Å². The fraction of sp³-hybridized carbons (Fsp3) is 0.500. The molecule has 2 aliphatic rings. The molecular formula is C14H15F3N2O3. The summed E-state index contributed by atoms with van der Waals surface area (Å²) in [6, 6.07) is 2.56. The Morgan fingerprint density at radius 1 is 1.14 bits per heavy atom. The molecule has 1 aromatic carbocycles. The van der Waals surface area contributed by atoms with Crippen LogP contribution in [0.1, 0.15) is 16.7 Å². The van der Waals surface area contributed by atoms with Crippen molar-refractivity contribution in [2.75, 3.05) is 31.2 Å². The topological polar surface area (TPSA) is 53.0 Å². The molecule has 1 fully saturated rings. The van der Waals surface area contributed by atoms with Crippen LogP contribution in [0.4, 0.5) is 23.7 Å². The number of anilines is 1. The van der Waals surface area contributed by atoms with Gasteiger partial charge < -0.3 is 14.7 Å². The highest BCUT2D eigenvalue weighted by atomic mass is 19.4. The third-order valence-electron chi connectivity index (χ3n) is 3.97. The van der Waals surface area contributed by atoms with E-state index in [1.807, 2.05) is 0 Å². The molecule has 0 saturated carbocycles. The van der Waals surface area contributed by atoms with Crippen molar-refractivity contribution in [3.63, 3.8) is 0 Å². The molecule has 1 saturated heterocycles. The normalized spacial score (nSPS) is 18.5. The van der Waals surface area contributed by atoms with E-state index in [4.69, 9.17) is 9.84 Å². The Bertz CT molecular complexity index is 598. The smallest absolute Gasteiger partial charge is 0.418 e. The number of halogens is 3. The zero-order valence-electron chi connectivity index (χ0n) is 11.7.